The van der Waals surface area contributed by atoms with Gasteiger partial charge in [-0.15, -0.1) is 0 Å². The van der Waals surface area contributed by atoms with Gasteiger partial charge in [-0.25, -0.2) is 0 Å². The van der Waals surface area contributed by atoms with E-state index in [4.69, 9.17) is 0 Å². The zero-order chi connectivity index (χ0) is 12.9. The maximum atomic E-state index is 10.2. The number of carbonyl (C=O) groups is 2. The van der Waals surface area contributed by atoms with Crippen molar-refractivity contribution in [1.29, 1.82) is 0 Å². The molecule has 17 heavy (non-hydrogen) atoms. The molecule has 1 aromatic rings. The smallest absolute Gasteiger partial charge is 0.150 e. The average molecular weight is 300 g/mol. The van der Waals surface area contributed by atoms with Crippen molar-refractivity contribution in [1.82, 2.24) is 5.32 Å². The number of unbranched alkanes of at least 4 members (excludes halogenated alkanes) is 1. The van der Waals surface area contributed by atoms with Gasteiger partial charge in [-0.1, -0.05) is 40.2 Å². The Hall–Kier alpha value is -1.00. The molecule has 0 radical (unpaired) electrons. The molecule has 0 saturated carbocycles. The van der Waals surface area contributed by atoms with Crippen molar-refractivity contribution in [2.24, 2.45) is 0 Å². The molecule has 0 aliphatic carbocycles. The number of hydrogen-bond acceptors (Lipinski definition) is 3. The number of rotatable bonds is 6. The summed E-state index contributed by atoms with van der Waals surface area (Å²) in [7, 11) is 1.98. The molecule has 0 fully saturated rings. The maximum absolute atomic E-state index is 10.2. The van der Waals surface area contributed by atoms with Crippen molar-refractivity contribution in [3.63, 3.8) is 0 Å². The van der Waals surface area contributed by atoms with Crippen molar-refractivity contribution < 1.29 is 9.59 Å². The Bertz CT molecular complexity index is 298. The largest absolute Gasteiger partial charge is 0.320 e. The second kappa shape index (κ2) is 11.5. The zero-order valence-corrected chi connectivity index (χ0v) is 11.6. The molecule has 0 atom stereocenters. The molecule has 1 N–H and O–H groups in total. The van der Waals surface area contributed by atoms with E-state index < -0.39 is 0 Å². The quantitative estimate of drug-likeness (QED) is 0.499. The Kier molecular flexibility index (Phi) is 10.8. The third kappa shape index (κ3) is 7.82. The highest BCUT2D eigenvalue weighted by atomic mass is 79.9. The number of nitrogens with one attached hydrogen (secondary N) is 1. The molecule has 0 aliphatic rings. The fourth-order valence-electron chi connectivity index (χ4n) is 1.12. The van der Waals surface area contributed by atoms with Crippen LogP contribution in [0, 0.1) is 0 Å². The minimum atomic E-state index is 0.442. The molecule has 0 saturated heterocycles. The van der Waals surface area contributed by atoms with Gasteiger partial charge in [0.2, 0.25) is 0 Å². The Morgan fingerprint density at radius 2 is 1.65 bits per heavy atom. The third-order valence-corrected chi connectivity index (χ3v) is 2.62. The Morgan fingerprint density at radius 1 is 1.12 bits per heavy atom. The molecule has 4 heteroatoms. The lowest BCUT2D eigenvalue weighted by molar-refractivity contribution is 0.109. The van der Waals surface area contributed by atoms with Crippen molar-refractivity contribution in [2.45, 2.75) is 12.8 Å². The summed E-state index contributed by atoms with van der Waals surface area (Å²) < 4.78 is 0. The number of halogens is 1. The molecule has 0 aromatic heterocycles. The highest BCUT2D eigenvalue weighted by molar-refractivity contribution is 9.09. The summed E-state index contributed by atoms with van der Waals surface area (Å²) in [5.74, 6) is 0. The first kappa shape index (κ1) is 16.0. The molecule has 0 spiro atoms. The first-order valence-corrected chi connectivity index (χ1v) is 6.62. The van der Waals surface area contributed by atoms with E-state index in [1.807, 2.05) is 7.05 Å². The number of hydrogen-bond donors (Lipinski definition) is 1. The molecule has 0 bridgehead atoms. The molecule has 0 unspecified atom stereocenters. The van der Waals surface area contributed by atoms with Crippen LogP contribution in [0.4, 0.5) is 0 Å². The van der Waals surface area contributed by atoms with Crippen LogP contribution in [0.3, 0.4) is 0 Å². The second-order valence-corrected chi connectivity index (χ2v) is 4.16. The minimum absolute atomic E-state index is 0.442. The first-order chi connectivity index (χ1) is 8.29. The zero-order valence-electron chi connectivity index (χ0n) is 9.99. The van der Waals surface area contributed by atoms with E-state index in [9.17, 15) is 9.59 Å². The lowest BCUT2D eigenvalue weighted by Gasteiger charge is -1.92. The van der Waals surface area contributed by atoms with Gasteiger partial charge in [-0.05, 0) is 26.4 Å². The number of alkyl halides is 1. The Morgan fingerprint density at radius 3 is 2.00 bits per heavy atom. The van der Waals surface area contributed by atoms with Crippen molar-refractivity contribution in [3.8, 4) is 0 Å². The third-order valence-electron chi connectivity index (χ3n) is 2.06. The molecule has 0 amide bonds. The van der Waals surface area contributed by atoms with Gasteiger partial charge in [-0.2, -0.15) is 0 Å². The van der Waals surface area contributed by atoms with Gasteiger partial charge in [0.1, 0.15) is 0 Å². The Balaban J connectivity index is 0.000000325. The highest BCUT2D eigenvalue weighted by Crippen LogP contribution is 2.01. The fraction of sp³-hybridized carbons (Fsp3) is 0.385. The summed E-state index contributed by atoms with van der Waals surface area (Å²) in [5.41, 5.74) is 0.884. The van der Waals surface area contributed by atoms with E-state index in [0.717, 1.165) is 11.9 Å². The van der Waals surface area contributed by atoms with Gasteiger partial charge < -0.3 is 5.32 Å². The standard InChI is InChI=1S/C8H6O2.C5H12BrN/c9-5-7-3-1-2-4-8(7)6-10;1-7-5-3-2-4-6/h1-6H;7H,2-5H2,1H3. The summed E-state index contributed by atoms with van der Waals surface area (Å²) in [6.07, 6.45) is 3.90. The predicted molar refractivity (Wildman–Crippen MR) is 74.2 cm³/mol. The van der Waals surface area contributed by atoms with Gasteiger partial charge in [0, 0.05) is 16.5 Å². The monoisotopic (exact) mass is 299 g/mol. The fourth-order valence-corrected chi connectivity index (χ4v) is 1.52. The maximum Gasteiger partial charge on any atom is 0.150 e. The van der Waals surface area contributed by atoms with Crippen LogP contribution in [-0.4, -0.2) is 31.5 Å². The molecular weight excluding hydrogens is 282 g/mol. The van der Waals surface area contributed by atoms with Crippen molar-refractivity contribution >= 4 is 28.5 Å². The van der Waals surface area contributed by atoms with Crippen molar-refractivity contribution in [3.05, 3.63) is 35.4 Å². The second-order valence-electron chi connectivity index (χ2n) is 3.36. The average Bonchev–Trinajstić information content (AvgIpc) is 2.40. The molecule has 3 nitrogen and oxygen atoms in total. The summed E-state index contributed by atoms with van der Waals surface area (Å²) in [5, 5.41) is 4.22. The van der Waals surface area contributed by atoms with Crippen LogP contribution in [0.2, 0.25) is 0 Å². The number of benzene rings is 1. The van der Waals surface area contributed by atoms with Gasteiger partial charge in [0.05, 0.1) is 0 Å². The number of carbonyl (C=O) groups excluding carboxylic acids is 2. The van der Waals surface area contributed by atoms with Gasteiger partial charge in [0.25, 0.3) is 0 Å². The van der Waals surface area contributed by atoms with Crippen LogP contribution >= 0.6 is 15.9 Å². The number of aldehydes is 2. The van der Waals surface area contributed by atoms with Crippen LogP contribution in [0.1, 0.15) is 33.6 Å². The first-order valence-electron chi connectivity index (χ1n) is 5.50. The topological polar surface area (TPSA) is 46.2 Å². The summed E-state index contributed by atoms with van der Waals surface area (Å²) >= 11 is 3.35. The normalized spacial score (nSPS) is 9.06. The van der Waals surface area contributed by atoms with E-state index in [0.29, 0.717) is 23.7 Å². The van der Waals surface area contributed by atoms with E-state index in [-0.39, 0.29) is 0 Å². The lowest BCUT2D eigenvalue weighted by atomic mass is 10.1. The highest BCUT2D eigenvalue weighted by Gasteiger charge is 1.95. The van der Waals surface area contributed by atoms with Crippen LogP contribution < -0.4 is 5.32 Å². The van der Waals surface area contributed by atoms with E-state index in [1.54, 1.807) is 24.3 Å². The van der Waals surface area contributed by atoms with Crippen LogP contribution in [0.15, 0.2) is 24.3 Å². The molecule has 1 aromatic carbocycles. The van der Waals surface area contributed by atoms with Gasteiger partial charge in [0.15, 0.2) is 12.6 Å². The summed E-state index contributed by atoms with van der Waals surface area (Å²) in [4.78, 5) is 20.5. The van der Waals surface area contributed by atoms with Gasteiger partial charge in [-0.3, -0.25) is 9.59 Å². The predicted octanol–water partition coefficient (Wildman–Crippen LogP) is 2.69. The molecular formula is C13H18BrNO2. The van der Waals surface area contributed by atoms with Crippen LogP contribution in [-0.2, 0) is 0 Å². The van der Waals surface area contributed by atoms with Gasteiger partial charge >= 0.3 is 0 Å². The summed E-state index contributed by atoms with van der Waals surface area (Å²) in [6, 6.07) is 6.65. The lowest BCUT2D eigenvalue weighted by Crippen LogP contribution is -2.06. The molecule has 1 rings (SSSR count). The molecule has 0 aliphatic heterocycles. The summed E-state index contributed by atoms with van der Waals surface area (Å²) in [6.45, 7) is 1.14. The van der Waals surface area contributed by atoms with Crippen LogP contribution in [0.25, 0.3) is 0 Å². The van der Waals surface area contributed by atoms with Crippen molar-refractivity contribution in [2.75, 3.05) is 18.9 Å². The molecule has 94 valence electrons. The van der Waals surface area contributed by atoms with Crippen LogP contribution in [0.5, 0.6) is 0 Å². The Labute approximate surface area is 111 Å². The van der Waals surface area contributed by atoms with E-state index in [2.05, 4.69) is 21.2 Å². The molecule has 0 heterocycles. The SMILES string of the molecule is CNCCCCBr.O=Cc1ccccc1C=O. The van der Waals surface area contributed by atoms with E-state index in [1.165, 1.54) is 12.8 Å². The van der Waals surface area contributed by atoms with E-state index >= 15 is 0 Å². The minimum Gasteiger partial charge on any atom is -0.320 e.